The van der Waals surface area contributed by atoms with Crippen molar-refractivity contribution in [1.29, 1.82) is 5.26 Å². The molecular weight excluding hydrogens is 350 g/mol. The summed E-state index contributed by atoms with van der Waals surface area (Å²) in [6.45, 7) is 2.96. The smallest absolute Gasteiger partial charge is 0.319 e. The van der Waals surface area contributed by atoms with E-state index in [-0.39, 0.29) is 18.0 Å². The van der Waals surface area contributed by atoms with E-state index in [4.69, 9.17) is 5.26 Å². The third-order valence-corrected chi connectivity index (χ3v) is 6.61. The van der Waals surface area contributed by atoms with Crippen LogP contribution in [0, 0.1) is 17.2 Å². The Labute approximate surface area is 164 Å². The van der Waals surface area contributed by atoms with Gasteiger partial charge in [-0.25, -0.2) is 4.79 Å². The van der Waals surface area contributed by atoms with Crippen LogP contribution in [0.15, 0.2) is 48.8 Å². The van der Waals surface area contributed by atoms with Gasteiger partial charge in [-0.2, -0.15) is 5.26 Å². The van der Waals surface area contributed by atoms with E-state index in [0.717, 1.165) is 25.9 Å². The number of aromatic nitrogens is 1. The lowest BCUT2D eigenvalue weighted by molar-refractivity contribution is 0.00493. The maximum atomic E-state index is 13.2. The van der Waals surface area contributed by atoms with E-state index in [1.165, 1.54) is 5.56 Å². The molecule has 1 N–H and O–H groups in total. The Bertz CT molecular complexity index is 916. The molecule has 4 aliphatic rings. The van der Waals surface area contributed by atoms with Crippen molar-refractivity contribution < 1.29 is 4.79 Å². The molecule has 6 nitrogen and oxygen atoms in total. The third-order valence-electron chi connectivity index (χ3n) is 6.61. The van der Waals surface area contributed by atoms with Gasteiger partial charge in [-0.05, 0) is 61.7 Å². The first-order valence-corrected chi connectivity index (χ1v) is 9.96. The Hall–Kier alpha value is -2.91. The van der Waals surface area contributed by atoms with Gasteiger partial charge in [0, 0.05) is 36.6 Å². The number of rotatable bonds is 2. The highest BCUT2D eigenvalue weighted by Gasteiger charge is 2.54. The standard InChI is InChI=1S/C22H23N5O/c23-12-15-3-1-5-18(11-15)25-22(28)27-14-19(17-4-2-8-24-13-17)21-20(27)16-6-9-26(21)10-7-16/h1-5,8,11,13,16,19-21H,6-7,9-10,14H2,(H,25,28). The molecule has 4 fully saturated rings. The van der Waals surface area contributed by atoms with Crippen molar-refractivity contribution in [2.45, 2.75) is 30.8 Å². The zero-order valence-corrected chi connectivity index (χ0v) is 15.7. The molecule has 6 rings (SSSR count). The molecule has 0 radical (unpaired) electrons. The summed E-state index contributed by atoms with van der Waals surface area (Å²) in [5.41, 5.74) is 2.44. The molecule has 3 unspecified atom stereocenters. The van der Waals surface area contributed by atoms with Crippen molar-refractivity contribution in [1.82, 2.24) is 14.8 Å². The summed E-state index contributed by atoms with van der Waals surface area (Å²) in [5, 5.41) is 12.1. The van der Waals surface area contributed by atoms with E-state index < -0.39 is 0 Å². The fourth-order valence-electron chi connectivity index (χ4n) is 5.40. The van der Waals surface area contributed by atoms with Crippen LogP contribution in [0.25, 0.3) is 0 Å². The third kappa shape index (κ3) is 2.83. The van der Waals surface area contributed by atoms with E-state index in [1.54, 1.807) is 24.4 Å². The van der Waals surface area contributed by atoms with Gasteiger partial charge in [0.05, 0.1) is 17.7 Å². The second-order valence-corrected chi connectivity index (χ2v) is 8.02. The molecule has 2 bridgehead atoms. The first-order valence-electron chi connectivity index (χ1n) is 9.96. The van der Waals surface area contributed by atoms with E-state index in [2.05, 4.69) is 27.3 Å². The number of benzene rings is 1. The Morgan fingerprint density at radius 1 is 1.18 bits per heavy atom. The topological polar surface area (TPSA) is 72.3 Å². The molecule has 142 valence electrons. The van der Waals surface area contributed by atoms with Crippen LogP contribution in [0.1, 0.15) is 29.9 Å². The first-order chi connectivity index (χ1) is 13.7. The Morgan fingerprint density at radius 3 is 2.79 bits per heavy atom. The van der Waals surface area contributed by atoms with Crippen molar-refractivity contribution in [2.24, 2.45) is 5.92 Å². The predicted octanol–water partition coefficient (Wildman–Crippen LogP) is 3.05. The van der Waals surface area contributed by atoms with Gasteiger partial charge >= 0.3 is 6.03 Å². The van der Waals surface area contributed by atoms with E-state index in [1.807, 2.05) is 23.2 Å². The molecule has 2 amide bonds. The molecule has 6 heteroatoms. The maximum absolute atomic E-state index is 13.2. The predicted molar refractivity (Wildman–Crippen MR) is 106 cm³/mol. The van der Waals surface area contributed by atoms with Crippen LogP contribution in [0.2, 0.25) is 0 Å². The van der Waals surface area contributed by atoms with Crippen molar-refractivity contribution in [3.63, 3.8) is 0 Å². The zero-order chi connectivity index (χ0) is 19.1. The average Bonchev–Trinajstić information content (AvgIpc) is 3.18. The van der Waals surface area contributed by atoms with Crippen molar-refractivity contribution in [3.05, 3.63) is 59.9 Å². The molecule has 1 aromatic heterocycles. The molecule has 0 spiro atoms. The van der Waals surface area contributed by atoms with E-state index >= 15 is 0 Å². The van der Waals surface area contributed by atoms with Crippen LogP contribution in [0.5, 0.6) is 0 Å². The van der Waals surface area contributed by atoms with E-state index in [9.17, 15) is 4.79 Å². The molecule has 4 aliphatic heterocycles. The second kappa shape index (κ2) is 6.92. The minimum absolute atomic E-state index is 0.0646. The number of urea groups is 1. The number of fused-ring (bicyclic) bond motifs is 2. The van der Waals surface area contributed by atoms with Crippen molar-refractivity contribution in [3.8, 4) is 6.07 Å². The van der Waals surface area contributed by atoms with Gasteiger partial charge in [0.1, 0.15) is 0 Å². The normalized spacial score (nSPS) is 30.5. The fraction of sp³-hybridized carbons (Fsp3) is 0.409. The monoisotopic (exact) mass is 373 g/mol. The number of likely N-dealkylation sites (tertiary alicyclic amines) is 1. The molecule has 2 aromatic rings. The number of piperidine rings is 3. The summed E-state index contributed by atoms with van der Waals surface area (Å²) in [7, 11) is 0. The number of nitriles is 1. The van der Waals surface area contributed by atoms with Gasteiger partial charge in [0.2, 0.25) is 0 Å². The minimum Gasteiger partial charge on any atom is -0.319 e. The minimum atomic E-state index is -0.0646. The van der Waals surface area contributed by atoms with Gasteiger partial charge in [-0.3, -0.25) is 9.88 Å². The number of nitrogens with one attached hydrogen (secondary N) is 1. The summed E-state index contributed by atoms with van der Waals surface area (Å²) in [6.07, 6.45) is 6.07. The highest BCUT2D eigenvalue weighted by Crippen LogP contribution is 2.46. The maximum Gasteiger partial charge on any atom is 0.322 e. The molecule has 28 heavy (non-hydrogen) atoms. The number of pyridine rings is 1. The summed E-state index contributed by atoms with van der Waals surface area (Å²) in [5.74, 6) is 0.853. The van der Waals surface area contributed by atoms with Gasteiger partial charge in [0.15, 0.2) is 0 Å². The van der Waals surface area contributed by atoms with Crippen LogP contribution in [-0.2, 0) is 0 Å². The van der Waals surface area contributed by atoms with Gasteiger partial charge in [-0.15, -0.1) is 0 Å². The lowest BCUT2D eigenvalue weighted by atomic mass is 9.75. The second-order valence-electron chi connectivity index (χ2n) is 8.02. The van der Waals surface area contributed by atoms with Crippen LogP contribution in [-0.4, -0.2) is 52.5 Å². The first kappa shape index (κ1) is 17.2. The van der Waals surface area contributed by atoms with Crippen LogP contribution >= 0.6 is 0 Å². The van der Waals surface area contributed by atoms with E-state index in [0.29, 0.717) is 29.8 Å². The summed E-state index contributed by atoms with van der Waals surface area (Å²) >= 11 is 0. The molecule has 0 aliphatic carbocycles. The molecule has 5 heterocycles. The molecule has 4 saturated heterocycles. The van der Waals surface area contributed by atoms with Gasteiger partial charge in [0.25, 0.3) is 0 Å². The van der Waals surface area contributed by atoms with Crippen LogP contribution < -0.4 is 5.32 Å². The van der Waals surface area contributed by atoms with Crippen molar-refractivity contribution >= 4 is 11.7 Å². The summed E-state index contributed by atoms with van der Waals surface area (Å²) < 4.78 is 0. The van der Waals surface area contributed by atoms with Crippen LogP contribution in [0.4, 0.5) is 10.5 Å². The number of carbonyl (C=O) groups excluding carboxylic acids is 1. The number of amides is 2. The average molecular weight is 373 g/mol. The number of hydrogen-bond acceptors (Lipinski definition) is 4. The zero-order valence-electron chi connectivity index (χ0n) is 15.7. The molecule has 1 aromatic carbocycles. The number of hydrogen-bond donors (Lipinski definition) is 1. The largest absolute Gasteiger partial charge is 0.322 e. The lowest BCUT2D eigenvalue weighted by Gasteiger charge is -2.51. The van der Waals surface area contributed by atoms with Gasteiger partial charge < -0.3 is 10.2 Å². The highest BCUT2D eigenvalue weighted by molar-refractivity contribution is 5.90. The fourth-order valence-corrected chi connectivity index (χ4v) is 5.40. The number of carbonyl (C=O) groups is 1. The van der Waals surface area contributed by atoms with Crippen LogP contribution in [0.3, 0.4) is 0 Å². The number of anilines is 1. The Balaban J connectivity index is 1.44. The molecular formula is C22H23N5O. The quantitative estimate of drug-likeness (QED) is 0.878. The SMILES string of the molecule is N#Cc1cccc(NC(=O)N2CC(c3cccnc3)C3C2C2CCN3CC2)c1. The van der Waals surface area contributed by atoms with Gasteiger partial charge in [-0.1, -0.05) is 12.1 Å². The summed E-state index contributed by atoms with van der Waals surface area (Å²) in [4.78, 5) is 22.2. The Kier molecular flexibility index (Phi) is 4.25. The highest BCUT2D eigenvalue weighted by atomic mass is 16.2. The Morgan fingerprint density at radius 2 is 2.04 bits per heavy atom. The molecule has 3 atom stereocenters. The summed E-state index contributed by atoms with van der Waals surface area (Å²) in [6, 6.07) is 13.9. The lowest BCUT2D eigenvalue weighted by Crippen LogP contribution is -2.61. The molecule has 0 saturated carbocycles. The van der Waals surface area contributed by atoms with Crippen molar-refractivity contribution in [2.75, 3.05) is 25.0 Å². The number of nitrogens with zero attached hydrogens (tertiary/aromatic N) is 4.